The standard InChI is InChI=1S/C24H28N4O3/c1-30-23-11-7-19(8-12-23)13-20-9-10-22-15-25-27-28(22)17-31-16-21(26-24(20)29)14-18-5-3-2-4-6-18/h2-8,11-12,15,20-21H,9-10,13-14,16-17H2,1H3,(H,26,29)/t20-,21+/m1/s1. The van der Waals surface area contributed by atoms with E-state index in [4.69, 9.17) is 9.47 Å². The maximum Gasteiger partial charge on any atom is 0.223 e. The SMILES string of the molecule is COc1ccc(C[C@H]2CCc3cnnn3COC[C@H](Cc3ccccc3)NC2=O)cc1. The molecule has 2 atom stereocenters. The highest BCUT2D eigenvalue weighted by atomic mass is 16.5. The van der Waals surface area contributed by atoms with Gasteiger partial charge in [0.1, 0.15) is 12.5 Å². The monoisotopic (exact) mass is 420 g/mol. The van der Waals surface area contributed by atoms with E-state index in [1.807, 2.05) is 42.5 Å². The Hall–Kier alpha value is -3.19. The highest BCUT2D eigenvalue weighted by molar-refractivity contribution is 5.79. The van der Waals surface area contributed by atoms with Crippen LogP contribution in [-0.2, 0) is 35.5 Å². The van der Waals surface area contributed by atoms with Gasteiger partial charge in [0.05, 0.1) is 31.6 Å². The van der Waals surface area contributed by atoms with Crippen LogP contribution in [0.5, 0.6) is 5.75 Å². The van der Waals surface area contributed by atoms with Gasteiger partial charge in [-0.15, -0.1) is 5.10 Å². The van der Waals surface area contributed by atoms with E-state index >= 15 is 0 Å². The predicted octanol–water partition coefficient (Wildman–Crippen LogP) is 2.79. The number of hydrogen-bond acceptors (Lipinski definition) is 5. The number of nitrogens with zero attached hydrogens (tertiary/aromatic N) is 3. The lowest BCUT2D eigenvalue weighted by Crippen LogP contribution is -2.43. The highest BCUT2D eigenvalue weighted by Gasteiger charge is 2.24. The van der Waals surface area contributed by atoms with Gasteiger partial charge in [0.2, 0.25) is 5.91 Å². The van der Waals surface area contributed by atoms with Crippen molar-refractivity contribution in [2.45, 2.75) is 38.5 Å². The summed E-state index contributed by atoms with van der Waals surface area (Å²) in [6.45, 7) is 0.745. The van der Waals surface area contributed by atoms with E-state index in [0.717, 1.165) is 17.0 Å². The Morgan fingerprint density at radius 2 is 1.87 bits per heavy atom. The van der Waals surface area contributed by atoms with Gasteiger partial charge in [0.25, 0.3) is 0 Å². The van der Waals surface area contributed by atoms with Crippen molar-refractivity contribution in [3.63, 3.8) is 0 Å². The summed E-state index contributed by atoms with van der Waals surface area (Å²) >= 11 is 0. The quantitative estimate of drug-likeness (QED) is 0.687. The normalized spacial score (nSPS) is 19.7. The Morgan fingerprint density at radius 3 is 2.65 bits per heavy atom. The molecule has 3 aromatic rings. The summed E-state index contributed by atoms with van der Waals surface area (Å²) in [5, 5.41) is 11.4. The summed E-state index contributed by atoms with van der Waals surface area (Å²) in [5.41, 5.74) is 3.26. The first-order valence-electron chi connectivity index (χ1n) is 10.6. The molecular formula is C24H28N4O3. The van der Waals surface area contributed by atoms with Crippen LogP contribution in [0.3, 0.4) is 0 Å². The molecule has 1 aliphatic rings. The number of rotatable bonds is 5. The number of hydrogen-bond donors (Lipinski definition) is 1. The first kappa shape index (κ1) is 21.1. The molecule has 162 valence electrons. The van der Waals surface area contributed by atoms with Gasteiger partial charge in [0.15, 0.2) is 0 Å². The van der Waals surface area contributed by atoms with E-state index < -0.39 is 0 Å². The fourth-order valence-electron chi connectivity index (χ4n) is 3.93. The fourth-order valence-corrected chi connectivity index (χ4v) is 3.93. The summed E-state index contributed by atoms with van der Waals surface area (Å²) in [6, 6.07) is 18.0. The number of methoxy groups -OCH3 is 1. The zero-order chi connectivity index (χ0) is 21.5. The number of aryl methyl sites for hydroxylation is 1. The summed E-state index contributed by atoms with van der Waals surface area (Å²) < 4.78 is 12.9. The van der Waals surface area contributed by atoms with Crippen LogP contribution in [0.2, 0.25) is 0 Å². The van der Waals surface area contributed by atoms with Crippen LogP contribution in [0.15, 0.2) is 60.8 Å². The third kappa shape index (κ3) is 5.70. The second kappa shape index (κ2) is 10.2. The number of carbonyl (C=O) groups is 1. The van der Waals surface area contributed by atoms with Crippen LogP contribution < -0.4 is 10.1 Å². The number of amides is 1. The molecule has 1 N–H and O–H groups in total. The Kier molecular flexibility index (Phi) is 6.94. The maximum absolute atomic E-state index is 13.3. The largest absolute Gasteiger partial charge is 0.497 e. The van der Waals surface area contributed by atoms with Gasteiger partial charge in [-0.3, -0.25) is 4.79 Å². The van der Waals surface area contributed by atoms with E-state index in [2.05, 4.69) is 27.8 Å². The van der Waals surface area contributed by atoms with Crippen molar-refractivity contribution in [2.75, 3.05) is 13.7 Å². The molecule has 1 aliphatic heterocycles. The van der Waals surface area contributed by atoms with Crippen molar-refractivity contribution < 1.29 is 14.3 Å². The molecule has 2 heterocycles. The molecule has 0 aliphatic carbocycles. The second-order valence-corrected chi connectivity index (χ2v) is 7.91. The summed E-state index contributed by atoms with van der Waals surface area (Å²) in [6.07, 6.45) is 4.56. The molecule has 0 spiro atoms. The van der Waals surface area contributed by atoms with Crippen molar-refractivity contribution in [3.8, 4) is 5.75 Å². The fraction of sp³-hybridized carbons (Fsp3) is 0.375. The van der Waals surface area contributed by atoms with Gasteiger partial charge in [-0.1, -0.05) is 47.7 Å². The van der Waals surface area contributed by atoms with Crippen LogP contribution in [-0.4, -0.2) is 40.7 Å². The van der Waals surface area contributed by atoms with E-state index in [9.17, 15) is 4.79 Å². The zero-order valence-corrected chi connectivity index (χ0v) is 17.7. The van der Waals surface area contributed by atoms with E-state index in [1.165, 1.54) is 5.56 Å². The van der Waals surface area contributed by atoms with E-state index in [-0.39, 0.29) is 17.9 Å². The summed E-state index contributed by atoms with van der Waals surface area (Å²) in [7, 11) is 1.65. The number of fused-ring (bicyclic) bond motifs is 1. The lowest BCUT2D eigenvalue weighted by atomic mass is 9.92. The van der Waals surface area contributed by atoms with Crippen LogP contribution >= 0.6 is 0 Å². The molecule has 0 bridgehead atoms. The lowest BCUT2D eigenvalue weighted by molar-refractivity contribution is -0.126. The van der Waals surface area contributed by atoms with Gasteiger partial charge in [-0.2, -0.15) is 0 Å². The topological polar surface area (TPSA) is 78.3 Å². The second-order valence-electron chi connectivity index (χ2n) is 7.91. The number of aromatic nitrogens is 3. The number of carbonyl (C=O) groups excluding carboxylic acids is 1. The molecule has 2 aromatic carbocycles. The molecule has 7 heteroatoms. The third-order valence-electron chi connectivity index (χ3n) is 5.66. The molecule has 0 radical (unpaired) electrons. The van der Waals surface area contributed by atoms with Gasteiger partial charge < -0.3 is 14.8 Å². The Bertz CT molecular complexity index is 972. The van der Waals surface area contributed by atoms with Crippen LogP contribution in [0.4, 0.5) is 0 Å². The van der Waals surface area contributed by atoms with Crippen molar-refractivity contribution in [1.29, 1.82) is 0 Å². The van der Waals surface area contributed by atoms with Gasteiger partial charge in [-0.25, -0.2) is 4.68 Å². The third-order valence-corrected chi connectivity index (χ3v) is 5.66. The minimum absolute atomic E-state index is 0.0567. The highest BCUT2D eigenvalue weighted by Crippen LogP contribution is 2.20. The Labute approximate surface area is 182 Å². The molecule has 0 saturated heterocycles. The van der Waals surface area contributed by atoms with Crippen molar-refractivity contribution in [3.05, 3.63) is 77.6 Å². The van der Waals surface area contributed by atoms with Crippen molar-refractivity contribution in [1.82, 2.24) is 20.3 Å². The molecule has 0 fully saturated rings. The summed E-state index contributed by atoms with van der Waals surface area (Å²) in [5.74, 6) is 0.708. The first-order valence-corrected chi connectivity index (χ1v) is 10.6. The molecule has 0 unspecified atom stereocenters. The van der Waals surface area contributed by atoms with Crippen LogP contribution in [0.25, 0.3) is 0 Å². The van der Waals surface area contributed by atoms with Crippen molar-refractivity contribution >= 4 is 5.91 Å². The summed E-state index contributed by atoms with van der Waals surface area (Å²) in [4.78, 5) is 13.3. The Morgan fingerprint density at radius 1 is 1.10 bits per heavy atom. The van der Waals surface area contributed by atoms with Crippen LogP contribution in [0, 0.1) is 5.92 Å². The smallest absolute Gasteiger partial charge is 0.223 e. The maximum atomic E-state index is 13.3. The molecule has 0 saturated carbocycles. The average Bonchev–Trinajstić information content (AvgIpc) is 3.23. The molecule has 31 heavy (non-hydrogen) atoms. The minimum Gasteiger partial charge on any atom is -0.497 e. The molecule has 7 nitrogen and oxygen atoms in total. The number of nitrogens with one attached hydrogen (secondary N) is 1. The molecular weight excluding hydrogens is 392 g/mol. The first-order chi connectivity index (χ1) is 15.2. The zero-order valence-electron chi connectivity index (χ0n) is 17.7. The minimum atomic E-state index is -0.159. The van der Waals surface area contributed by atoms with Gasteiger partial charge >= 0.3 is 0 Å². The predicted molar refractivity (Wildman–Crippen MR) is 117 cm³/mol. The number of benzene rings is 2. The number of ether oxygens (including phenoxy) is 2. The van der Waals surface area contributed by atoms with Crippen molar-refractivity contribution in [2.24, 2.45) is 5.92 Å². The van der Waals surface area contributed by atoms with E-state index in [1.54, 1.807) is 18.0 Å². The van der Waals surface area contributed by atoms with Crippen LogP contribution in [0.1, 0.15) is 23.2 Å². The van der Waals surface area contributed by atoms with Gasteiger partial charge in [0, 0.05) is 5.92 Å². The lowest BCUT2D eigenvalue weighted by Gasteiger charge is -2.22. The molecule has 4 rings (SSSR count). The Balaban J connectivity index is 1.53. The molecule has 1 amide bonds. The molecule has 1 aromatic heterocycles. The van der Waals surface area contributed by atoms with E-state index in [0.29, 0.717) is 39.0 Å². The van der Waals surface area contributed by atoms with Gasteiger partial charge in [-0.05, 0) is 48.9 Å². The average molecular weight is 421 g/mol.